The Morgan fingerprint density at radius 3 is 2.57 bits per heavy atom. The molecule has 0 amide bonds. The SMILES string of the molecule is CCC/C=C\C[C@H](N)c1ccccc1. The maximum absolute atomic E-state index is 6.03. The van der Waals surface area contributed by atoms with Crippen LogP contribution in [0.2, 0.25) is 0 Å². The first-order valence-electron chi connectivity index (χ1n) is 5.30. The van der Waals surface area contributed by atoms with E-state index in [9.17, 15) is 0 Å². The third kappa shape index (κ3) is 3.75. The van der Waals surface area contributed by atoms with Crippen LogP contribution in [0, 0.1) is 0 Å². The van der Waals surface area contributed by atoms with E-state index in [0.29, 0.717) is 0 Å². The van der Waals surface area contributed by atoms with E-state index in [2.05, 4.69) is 31.2 Å². The largest absolute Gasteiger partial charge is 0.324 e. The molecule has 0 aromatic heterocycles. The van der Waals surface area contributed by atoms with Gasteiger partial charge in [-0.25, -0.2) is 0 Å². The molecule has 0 saturated heterocycles. The molecule has 0 fully saturated rings. The minimum absolute atomic E-state index is 0.143. The van der Waals surface area contributed by atoms with Crippen molar-refractivity contribution in [3.63, 3.8) is 0 Å². The molecule has 0 spiro atoms. The number of rotatable bonds is 5. The van der Waals surface area contributed by atoms with Gasteiger partial charge in [0, 0.05) is 6.04 Å². The van der Waals surface area contributed by atoms with Gasteiger partial charge < -0.3 is 5.73 Å². The summed E-state index contributed by atoms with van der Waals surface area (Å²) in [5.74, 6) is 0. The van der Waals surface area contributed by atoms with Gasteiger partial charge in [-0.3, -0.25) is 0 Å². The van der Waals surface area contributed by atoms with E-state index in [-0.39, 0.29) is 6.04 Å². The Labute approximate surface area is 86.6 Å². The fourth-order valence-electron chi connectivity index (χ4n) is 1.36. The lowest BCUT2D eigenvalue weighted by atomic mass is 10.0. The van der Waals surface area contributed by atoms with Crippen molar-refractivity contribution in [2.75, 3.05) is 0 Å². The molecular weight excluding hydrogens is 170 g/mol. The lowest BCUT2D eigenvalue weighted by Crippen LogP contribution is -2.08. The summed E-state index contributed by atoms with van der Waals surface area (Å²) in [7, 11) is 0. The number of hydrogen-bond donors (Lipinski definition) is 1. The Balaban J connectivity index is 2.39. The molecule has 1 atom stereocenters. The molecule has 0 aliphatic carbocycles. The van der Waals surface area contributed by atoms with Crippen molar-refractivity contribution < 1.29 is 0 Å². The monoisotopic (exact) mass is 189 g/mol. The van der Waals surface area contributed by atoms with Crippen molar-refractivity contribution in [2.24, 2.45) is 5.73 Å². The van der Waals surface area contributed by atoms with Crippen LogP contribution in [0.5, 0.6) is 0 Å². The van der Waals surface area contributed by atoms with Gasteiger partial charge in [0.05, 0.1) is 0 Å². The normalized spacial score (nSPS) is 13.3. The molecule has 0 bridgehead atoms. The second-order valence-electron chi connectivity index (χ2n) is 3.51. The molecule has 2 N–H and O–H groups in total. The first kappa shape index (κ1) is 11.0. The van der Waals surface area contributed by atoms with Crippen LogP contribution >= 0.6 is 0 Å². The van der Waals surface area contributed by atoms with E-state index in [1.165, 1.54) is 12.0 Å². The Hall–Kier alpha value is -1.08. The van der Waals surface area contributed by atoms with Crippen molar-refractivity contribution in [3.05, 3.63) is 48.0 Å². The minimum Gasteiger partial charge on any atom is -0.324 e. The first-order valence-corrected chi connectivity index (χ1v) is 5.30. The zero-order valence-corrected chi connectivity index (χ0v) is 8.82. The van der Waals surface area contributed by atoms with Crippen molar-refractivity contribution in [2.45, 2.75) is 32.2 Å². The van der Waals surface area contributed by atoms with Crippen molar-refractivity contribution >= 4 is 0 Å². The average molecular weight is 189 g/mol. The smallest absolute Gasteiger partial charge is 0.0329 e. The van der Waals surface area contributed by atoms with Crippen LogP contribution in [0.1, 0.15) is 37.8 Å². The van der Waals surface area contributed by atoms with Crippen LogP contribution in [0.25, 0.3) is 0 Å². The molecule has 0 radical (unpaired) electrons. The molecule has 14 heavy (non-hydrogen) atoms. The van der Waals surface area contributed by atoms with Gasteiger partial charge in [0.1, 0.15) is 0 Å². The molecule has 0 heterocycles. The van der Waals surface area contributed by atoms with Crippen LogP contribution in [0.4, 0.5) is 0 Å². The number of hydrogen-bond acceptors (Lipinski definition) is 1. The van der Waals surface area contributed by atoms with E-state index < -0.39 is 0 Å². The van der Waals surface area contributed by atoms with Crippen molar-refractivity contribution in [1.29, 1.82) is 0 Å². The van der Waals surface area contributed by atoms with Gasteiger partial charge in [-0.05, 0) is 18.4 Å². The lowest BCUT2D eigenvalue weighted by molar-refractivity contribution is 0.738. The van der Waals surface area contributed by atoms with Gasteiger partial charge in [-0.15, -0.1) is 0 Å². The molecule has 0 aliphatic rings. The van der Waals surface area contributed by atoms with Crippen LogP contribution < -0.4 is 5.73 Å². The Morgan fingerprint density at radius 2 is 1.93 bits per heavy atom. The molecule has 1 aromatic rings. The van der Waals surface area contributed by atoms with Gasteiger partial charge in [0.2, 0.25) is 0 Å². The standard InChI is InChI=1S/C13H19N/c1-2-3-4-8-11-13(14)12-9-6-5-7-10-12/h4-10,13H,2-3,11,14H2,1H3/b8-4-/t13-/m0/s1. The summed E-state index contributed by atoms with van der Waals surface area (Å²) >= 11 is 0. The zero-order chi connectivity index (χ0) is 10.2. The third-order valence-corrected chi connectivity index (χ3v) is 2.24. The second-order valence-corrected chi connectivity index (χ2v) is 3.51. The summed E-state index contributed by atoms with van der Waals surface area (Å²) in [6, 6.07) is 10.4. The number of unbranched alkanes of at least 4 members (excludes halogenated alkanes) is 1. The van der Waals surface area contributed by atoms with Gasteiger partial charge in [0.15, 0.2) is 0 Å². The maximum Gasteiger partial charge on any atom is 0.0329 e. The summed E-state index contributed by atoms with van der Waals surface area (Å²) < 4.78 is 0. The predicted molar refractivity (Wildman–Crippen MR) is 62.0 cm³/mol. The highest BCUT2D eigenvalue weighted by Crippen LogP contribution is 2.13. The maximum atomic E-state index is 6.03. The van der Waals surface area contributed by atoms with E-state index in [4.69, 9.17) is 5.73 Å². The molecule has 1 aromatic carbocycles. The van der Waals surface area contributed by atoms with E-state index in [0.717, 1.165) is 12.8 Å². The zero-order valence-electron chi connectivity index (χ0n) is 8.82. The highest BCUT2D eigenvalue weighted by atomic mass is 14.6. The molecule has 0 unspecified atom stereocenters. The Bertz CT molecular complexity index is 264. The Morgan fingerprint density at radius 1 is 1.21 bits per heavy atom. The predicted octanol–water partition coefficient (Wildman–Crippen LogP) is 3.43. The quantitative estimate of drug-likeness (QED) is 0.705. The number of benzene rings is 1. The van der Waals surface area contributed by atoms with Crippen LogP contribution in [0.15, 0.2) is 42.5 Å². The summed E-state index contributed by atoms with van der Waals surface area (Å²) in [4.78, 5) is 0. The highest BCUT2D eigenvalue weighted by Gasteiger charge is 2.01. The molecular formula is C13H19N. The molecule has 1 rings (SSSR count). The summed E-state index contributed by atoms with van der Waals surface area (Å²) in [6.07, 6.45) is 7.69. The Kier molecular flexibility index (Phi) is 5.02. The lowest BCUT2D eigenvalue weighted by Gasteiger charge is -2.08. The summed E-state index contributed by atoms with van der Waals surface area (Å²) in [5.41, 5.74) is 7.24. The third-order valence-electron chi connectivity index (χ3n) is 2.24. The molecule has 0 saturated carbocycles. The van der Waals surface area contributed by atoms with E-state index >= 15 is 0 Å². The fraction of sp³-hybridized carbons (Fsp3) is 0.385. The van der Waals surface area contributed by atoms with Crippen LogP contribution in [0.3, 0.4) is 0 Å². The van der Waals surface area contributed by atoms with Gasteiger partial charge in [0.25, 0.3) is 0 Å². The fourth-order valence-corrected chi connectivity index (χ4v) is 1.36. The number of nitrogens with two attached hydrogens (primary N) is 1. The van der Waals surface area contributed by atoms with E-state index in [1.54, 1.807) is 0 Å². The molecule has 0 aliphatic heterocycles. The van der Waals surface area contributed by atoms with Crippen LogP contribution in [-0.4, -0.2) is 0 Å². The molecule has 1 heteroatoms. The topological polar surface area (TPSA) is 26.0 Å². The average Bonchev–Trinajstić information content (AvgIpc) is 2.25. The minimum atomic E-state index is 0.143. The second kappa shape index (κ2) is 6.39. The summed E-state index contributed by atoms with van der Waals surface area (Å²) in [5, 5.41) is 0. The van der Waals surface area contributed by atoms with Gasteiger partial charge in [-0.2, -0.15) is 0 Å². The van der Waals surface area contributed by atoms with Crippen LogP contribution in [-0.2, 0) is 0 Å². The van der Waals surface area contributed by atoms with Crippen molar-refractivity contribution in [1.82, 2.24) is 0 Å². The van der Waals surface area contributed by atoms with Gasteiger partial charge >= 0.3 is 0 Å². The number of allylic oxidation sites excluding steroid dienone is 1. The summed E-state index contributed by atoms with van der Waals surface area (Å²) in [6.45, 7) is 2.18. The first-order chi connectivity index (χ1) is 6.84. The van der Waals surface area contributed by atoms with E-state index in [1.807, 2.05) is 18.2 Å². The van der Waals surface area contributed by atoms with Crippen molar-refractivity contribution in [3.8, 4) is 0 Å². The molecule has 76 valence electrons. The highest BCUT2D eigenvalue weighted by molar-refractivity contribution is 5.19. The van der Waals surface area contributed by atoms with Gasteiger partial charge in [-0.1, -0.05) is 55.8 Å². The molecule has 1 nitrogen and oxygen atoms in total.